The van der Waals surface area contributed by atoms with Gasteiger partial charge in [0.1, 0.15) is 18.9 Å². The first-order valence-electron chi connectivity index (χ1n) is 9.59. The minimum absolute atomic E-state index is 0.522. The van der Waals surface area contributed by atoms with Gasteiger partial charge in [0.25, 0.3) is 0 Å². The second-order valence-electron chi connectivity index (χ2n) is 7.14. The summed E-state index contributed by atoms with van der Waals surface area (Å²) in [6.07, 6.45) is 0. The van der Waals surface area contributed by atoms with Crippen LogP contribution in [0.5, 0.6) is 17.4 Å². The van der Waals surface area contributed by atoms with Crippen LogP contribution in [-0.2, 0) is 6.54 Å². The van der Waals surface area contributed by atoms with Crippen LogP contribution >= 0.6 is 0 Å². The van der Waals surface area contributed by atoms with Gasteiger partial charge in [0.15, 0.2) is 11.5 Å². The molecule has 0 radical (unpaired) electrons. The number of hydrogen-bond acceptors (Lipinski definition) is 6. The summed E-state index contributed by atoms with van der Waals surface area (Å²) >= 11 is 0. The van der Waals surface area contributed by atoms with Gasteiger partial charge < -0.3 is 24.4 Å². The molecule has 0 unspecified atom stereocenters. The summed E-state index contributed by atoms with van der Waals surface area (Å²) in [5, 5.41) is 3.39. The van der Waals surface area contributed by atoms with E-state index in [0.717, 1.165) is 40.7 Å². The van der Waals surface area contributed by atoms with E-state index >= 15 is 0 Å². The Morgan fingerprint density at radius 2 is 1.79 bits per heavy atom. The fraction of sp³-hybridized carbons (Fsp3) is 0.261. The number of aromatic nitrogens is 1. The predicted molar refractivity (Wildman–Crippen MR) is 114 cm³/mol. The molecule has 150 valence electrons. The molecule has 2 aromatic carbocycles. The minimum Gasteiger partial charge on any atom is -0.486 e. The Kier molecular flexibility index (Phi) is 5.53. The molecular formula is C23H25N3O3. The van der Waals surface area contributed by atoms with Gasteiger partial charge in [-0.3, -0.25) is 0 Å². The van der Waals surface area contributed by atoms with Crippen LogP contribution in [0.4, 0.5) is 11.4 Å². The molecular weight excluding hydrogens is 366 g/mol. The first-order valence-corrected chi connectivity index (χ1v) is 9.59. The van der Waals surface area contributed by atoms with Crippen molar-refractivity contribution in [3.8, 4) is 28.6 Å². The van der Waals surface area contributed by atoms with Crippen LogP contribution in [0.15, 0.2) is 54.6 Å². The molecule has 1 N–H and O–H groups in total. The first kappa shape index (κ1) is 19.1. The van der Waals surface area contributed by atoms with E-state index in [-0.39, 0.29) is 0 Å². The van der Waals surface area contributed by atoms with Gasteiger partial charge in [-0.2, -0.15) is 0 Å². The molecule has 0 amide bonds. The molecule has 0 bridgehead atoms. The van der Waals surface area contributed by atoms with Gasteiger partial charge in [-0.1, -0.05) is 18.2 Å². The molecule has 29 heavy (non-hydrogen) atoms. The number of hydrogen-bond donors (Lipinski definition) is 1. The predicted octanol–water partition coefficient (Wildman–Crippen LogP) is 4.33. The molecule has 1 aliphatic rings. The molecule has 1 aliphatic heterocycles. The number of benzene rings is 2. The molecule has 0 aliphatic carbocycles. The SMILES string of the molecule is COc1nc(-c2cccc3c2OCCO3)ccc1Nc1ccc(CN(C)C)cc1. The molecule has 1 aromatic heterocycles. The number of rotatable bonds is 6. The van der Waals surface area contributed by atoms with Crippen LogP contribution in [0.2, 0.25) is 0 Å². The Morgan fingerprint density at radius 3 is 2.55 bits per heavy atom. The van der Waals surface area contributed by atoms with Crippen LogP contribution in [0, 0.1) is 0 Å². The molecule has 0 atom stereocenters. The number of para-hydroxylation sites is 1. The summed E-state index contributed by atoms with van der Waals surface area (Å²) in [4.78, 5) is 6.84. The average Bonchev–Trinajstić information content (AvgIpc) is 2.74. The molecule has 0 saturated carbocycles. The third-order valence-corrected chi connectivity index (χ3v) is 4.63. The molecule has 3 aromatic rings. The lowest BCUT2D eigenvalue weighted by atomic mass is 10.1. The fourth-order valence-electron chi connectivity index (χ4n) is 3.33. The van der Waals surface area contributed by atoms with Crippen LogP contribution in [0.25, 0.3) is 11.3 Å². The third kappa shape index (κ3) is 4.27. The van der Waals surface area contributed by atoms with Crippen LogP contribution < -0.4 is 19.5 Å². The summed E-state index contributed by atoms with van der Waals surface area (Å²) in [5.41, 5.74) is 4.71. The summed E-state index contributed by atoms with van der Waals surface area (Å²) in [5.74, 6) is 1.99. The molecule has 6 nitrogen and oxygen atoms in total. The molecule has 0 saturated heterocycles. The van der Waals surface area contributed by atoms with Crippen molar-refractivity contribution in [1.82, 2.24) is 9.88 Å². The maximum absolute atomic E-state index is 5.82. The van der Waals surface area contributed by atoms with E-state index in [9.17, 15) is 0 Å². The van der Waals surface area contributed by atoms with E-state index in [2.05, 4.69) is 48.6 Å². The first-order chi connectivity index (χ1) is 14.1. The fourth-order valence-corrected chi connectivity index (χ4v) is 3.33. The molecule has 4 rings (SSSR count). The average molecular weight is 391 g/mol. The third-order valence-electron chi connectivity index (χ3n) is 4.63. The Labute approximate surface area is 171 Å². The van der Waals surface area contributed by atoms with Crippen molar-refractivity contribution in [3.05, 3.63) is 60.2 Å². The highest BCUT2D eigenvalue weighted by molar-refractivity contribution is 5.74. The quantitative estimate of drug-likeness (QED) is 0.675. The highest BCUT2D eigenvalue weighted by atomic mass is 16.6. The largest absolute Gasteiger partial charge is 0.486 e. The van der Waals surface area contributed by atoms with E-state index in [1.165, 1.54) is 5.56 Å². The van der Waals surface area contributed by atoms with Gasteiger partial charge in [0, 0.05) is 17.8 Å². The topological polar surface area (TPSA) is 55.9 Å². The number of ether oxygens (including phenoxy) is 3. The van der Waals surface area contributed by atoms with Crippen molar-refractivity contribution in [3.63, 3.8) is 0 Å². The van der Waals surface area contributed by atoms with Crippen molar-refractivity contribution >= 4 is 11.4 Å². The maximum Gasteiger partial charge on any atom is 0.238 e. The van der Waals surface area contributed by atoms with Crippen molar-refractivity contribution in [2.75, 3.05) is 39.7 Å². The number of methoxy groups -OCH3 is 1. The van der Waals surface area contributed by atoms with Crippen molar-refractivity contribution in [2.45, 2.75) is 6.54 Å². The Morgan fingerprint density at radius 1 is 1.00 bits per heavy atom. The number of fused-ring (bicyclic) bond motifs is 1. The minimum atomic E-state index is 0.522. The summed E-state index contributed by atoms with van der Waals surface area (Å²) in [6.45, 7) is 2.00. The van der Waals surface area contributed by atoms with Crippen LogP contribution in [0.1, 0.15) is 5.56 Å². The standard InChI is InChI=1S/C23H25N3O3/c1-26(2)15-16-7-9-17(10-8-16)24-20-12-11-19(25-23(20)27-3)18-5-4-6-21-22(18)29-14-13-28-21/h4-12,24H,13-15H2,1-3H3. The second kappa shape index (κ2) is 8.41. The van der Waals surface area contributed by atoms with E-state index in [1.54, 1.807) is 7.11 Å². The highest BCUT2D eigenvalue weighted by Gasteiger charge is 2.18. The van der Waals surface area contributed by atoms with Gasteiger partial charge in [0.2, 0.25) is 5.88 Å². The van der Waals surface area contributed by atoms with E-state index in [1.807, 2.05) is 30.3 Å². The monoisotopic (exact) mass is 391 g/mol. The zero-order chi connectivity index (χ0) is 20.2. The summed E-state index contributed by atoms with van der Waals surface area (Å²) < 4.78 is 17.0. The zero-order valence-electron chi connectivity index (χ0n) is 16.9. The number of pyridine rings is 1. The van der Waals surface area contributed by atoms with Gasteiger partial charge in [0.05, 0.1) is 12.8 Å². The molecule has 0 spiro atoms. The normalized spacial score (nSPS) is 12.7. The summed E-state index contributed by atoms with van der Waals surface area (Å²) in [7, 11) is 5.74. The molecule has 0 fully saturated rings. The van der Waals surface area contributed by atoms with Crippen LogP contribution in [0.3, 0.4) is 0 Å². The number of nitrogens with zero attached hydrogens (tertiary/aromatic N) is 2. The number of nitrogens with one attached hydrogen (secondary N) is 1. The van der Waals surface area contributed by atoms with E-state index < -0.39 is 0 Å². The zero-order valence-corrected chi connectivity index (χ0v) is 16.9. The van der Waals surface area contributed by atoms with Crippen molar-refractivity contribution < 1.29 is 14.2 Å². The number of anilines is 2. The maximum atomic E-state index is 5.82. The van der Waals surface area contributed by atoms with E-state index in [0.29, 0.717) is 19.1 Å². The van der Waals surface area contributed by atoms with Gasteiger partial charge >= 0.3 is 0 Å². The lowest BCUT2D eigenvalue weighted by Crippen LogP contribution is -2.16. The van der Waals surface area contributed by atoms with Crippen molar-refractivity contribution in [2.24, 2.45) is 0 Å². The van der Waals surface area contributed by atoms with Gasteiger partial charge in [-0.15, -0.1) is 0 Å². The van der Waals surface area contributed by atoms with Crippen molar-refractivity contribution in [1.29, 1.82) is 0 Å². The van der Waals surface area contributed by atoms with E-state index in [4.69, 9.17) is 19.2 Å². The Balaban J connectivity index is 1.59. The van der Waals surface area contributed by atoms with Gasteiger partial charge in [-0.05, 0) is 56.1 Å². The highest BCUT2D eigenvalue weighted by Crippen LogP contribution is 2.40. The Bertz CT molecular complexity index is 987. The Hall–Kier alpha value is -3.25. The smallest absolute Gasteiger partial charge is 0.238 e. The summed E-state index contributed by atoms with van der Waals surface area (Å²) in [6, 6.07) is 18.1. The second-order valence-corrected chi connectivity index (χ2v) is 7.14. The lowest BCUT2D eigenvalue weighted by Gasteiger charge is -2.21. The van der Waals surface area contributed by atoms with Crippen LogP contribution in [-0.4, -0.2) is 44.3 Å². The molecule has 6 heteroatoms. The molecule has 2 heterocycles. The van der Waals surface area contributed by atoms with Gasteiger partial charge in [-0.25, -0.2) is 4.98 Å². The lowest BCUT2D eigenvalue weighted by molar-refractivity contribution is 0.172.